The molecule has 0 saturated carbocycles. The third kappa shape index (κ3) is 4.45. The van der Waals surface area contributed by atoms with Gasteiger partial charge in [-0.15, -0.1) is 0 Å². The van der Waals surface area contributed by atoms with Crippen LogP contribution in [0.5, 0.6) is 0 Å². The van der Waals surface area contributed by atoms with Gasteiger partial charge in [-0.2, -0.15) is 0 Å². The second-order valence-corrected chi connectivity index (χ2v) is 12.5. The van der Waals surface area contributed by atoms with E-state index in [-0.39, 0.29) is 0 Å². The molecule has 0 bridgehead atoms. The van der Waals surface area contributed by atoms with E-state index in [1.54, 1.807) is 0 Å². The van der Waals surface area contributed by atoms with Crippen molar-refractivity contribution in [2.75, 3.05) is 0 Å². The molecular formula is C45H29N5. The Labute approximate surface area is 288 Å². The summed E-state index contributed by atoms with van der Waals surface area (Å²) < 4.78 is 4.63. The molecule has 0 aliphatic heterocycles. The lowest BCUT2D eigenvalue weighted by molar-refractivity contribution is 0.986. The van der Waals surface area contributed by atoms with Crippen LogP contribution in [-0.2, 0) is 0 Å². The molecule has 0 aliphatic rings. The minimum absolute atomic E-state index is 0.594. The van der Waals surface area contributed by atoms with Crippen molar-refractivity contribution in [1.29, 1.82) is 0 Å². The van der Waals surface area contributed by atoms with Gasteiger partial charge >= 0.3 is 0 Å². The molecule has 5 heteroatoms. The van der Waals surface area contributed by atoms with Crippen LogP contribution >= 0.6 is 0 Å². The number of nitrogens with zero attached hydrogens (tertiary/aromatic N) is 5. The summed E-state index contributed by atoms with van der Waals surface area (Å²) >= 11 is 0. The van der Waals surface area contributed by atoms with Crippen molar-refractivity contribution < 1.29 is 0 Å². The van der Waals surface area contributed by atoms with E-state index in [0.29, 0.717) is 5.95 Å². The van der Waals surface area contributed by atoms with Gasteiger partial charge < -0.3 is 4.57 Å². The van der Waals surface area contributed by atoms with Crippen LogP contribution in [0.25, 0.3) is 89.0 Å². The van der Waals surface area contributed by atoms with Crippen molar-refractivity contribution in [3.05, 3.63) is 176 Å². The zero-order chi connectivity index (χ0) is 33.0. The van der Waals surface area contributed by atoms with Crippen molar-refractivity contribution in [1.82, 2.24) is 24.1 Å². The average molecular weight is 640 g/mol. The number of benzene rings is 6. The molecule has 10 rings (SSSR count). The monoisotopic (exact) mass is 639 g/mol. The molecule has 5 nitrogen and oxygen atoms in total. The van der Waals surface area contributed by atoms with Crippen molar-refractivity contribution in [2.45, 2.75) is 0 Å². The number of hydrogen-bond donors (Lipinski definition) is 0. The Balaban J connectivity index is 1.37. The molecule has 6 aromatic carbocycles. The van der Waals surface area contributed by atoms with Gasteiger partial charge in [-0.25, -0.2) is 9.97 Å². The first-order valence-corrected chi connectivity index (χ1v) is 16.8. The van der Waals surface area contributed by atoms with Crippen molar-refractivity contribution in [2.24, 2.45) is 0 Å². The van der Waals surface area contributed by atoms with Crippen LogP contribution in [0.1, 0.15) is 0 Å². The lowest BCUT2D eigenvalue weighted by Crippen LogP contribution is -2.07. The van der Waals surface area contributed by atoms with Gasteiger partial charge in [0.2, 0.25) is 5.95 Å². The zero-order valence-corrected chi connectivity index (χ0v) is 27.0. The highest BCUT2D eigenvalue weighted by Crippen LogP contribution is 2.41. The van der Waals surface area contributed by atoms with Crippen molar-refractivity contribution in [3.63, 3.8) is 0 Å². The molecule has 0 fully saturated rings. The van der Waals surface area contributed by atoms with Gasteiger partial charge in [0, 0.05) is 28.2 Å². The smallest absolute Gasteiger partial charge is 0.235 e. The topological polar surface area (TPSA) is 48.5 Å². The summed E-state index contributed by atoms with van der Waals surface area (Å²) in [6.45, 7) is 0. The number of hydrogen-bond acceptors (Lipinski definition) is 3. The maximum absolute atomic E-state index is 5.45. The molecule has 0 unspecified atom stereocenters. The first-order valence-electron chi connectivity index (χ1n) is 16.8. The van der Waals surface area contributed by atoms with Crippen LogP contribution in [0.4, 0.5) is 0 Å². The van der Waals surface area contributed by atoms with Crippen LogP contribution in [0.3, 0.4) is 0 Å². The molecule has 0 aliphatic carbocycles. The molecule has 0 atom stereocenters. The first kappa shape index (κ1) is 28.2. The summed E-state index contributed by atoms with van der Waals surface area (Å²) in [7, 11) is 0. The second kappa shape index (κ2) is 11.4. The SMILES string of the molecule is c1ccc(-c2cc3ccc4cc(-c5ccccc5)n(-c5nc(-c6cccc7ccccc67)c6ncccc6n5)c4c3n2-c2ccccc2)cc1. The highest BCUT2D eigenvalue weighted by Gasteiger charge is 2.23. The van der Waals surface area contributed by atoms with Crippen LogP contribution in [0.2, 0.25) is 0 Å². The minimum atomic E-state index is 0.594. The van der Waals surface area contributed by atoms with Gasteiger partial charge in [-0.1, -0.05) is 133 Å². The fourth-order valence-corrected chi connectivity index (χ4v) is 7.35. The Morgan fingerprint density at radius 2 is 1.04 bits per heavy atom. The minimum Gasteiger partial charge on any atom is -0.307 e. The summed E-state index contributed by atoms with van der Waals surface area (Å²) in [4.78, 5) is 15.6. The van der Waals surface area contributed by atoms with Crippen molar-refractivity contribution in [3.8, 4) is 45.4 Å². The maximum Gasteiger partial charge on any atom is 0.235 e. The number of pyridine rings is 1. The Bertz CT molecular complexity index is 2850. The summed E-state index contributed by atoms with van der Waals surface area (Å²) in [5, 5.41) is 4.52. The fraction of sp³-hybridized carbons (Fsp3) is 0. The molecule has 4 aromatic heterocycles. The van der Waals surface area contributed by atoms with E-state index in [9.17, 15) is 0 Å². The van der Waals surface area contributed by atoms with E-state index in [0.717, 1.165) is 83.1 Å². The molecule has 0 spiro atoms. The zero-order valence-electron chi connectivity index (χ0n) is 27.0. The lowest BCUT2D eigenvalue weighted by Gasteiger charge is -2.16. The number of para-hydroxylation sites is 1. The van der Waals surface area contributed by atoms with E-state index >= 15 is 0 Å². The summed E-state index contributed by atoms with van der Waals surface area (Å²) in [6, 6.07) is 59.6. The standard InChI is InChI=1S/C45H29N5/c1-4-15-31(16-5-1)39-28-33-25-26-34-29-40(32-17-6-2-7-18-32)50(44(34)43(33)49(39)35-20-8-3-9-21-35)45-47-38-24-13-27-46-42(38)41(48-45)37-23-12-19-30-14-10-11-22-36(30)37/h1-29H. The number of aromatic nitrogens is 5. The summed E-state index contributed by atoms with van der Waals surface area (Å²) in [5.41, 5.74) is 11.0. The Morgan fingerprint density at radius 3 is 1.76 bits per heavy atom. The molecule has 234 valence electrons. The second-order valence-electron chi connectivity index (χ2n) is 12.5. The Kier molecular flexibility index (Phi) is 6.42. The molecule has 50 heavy (non-hydrogen) atoms. The highest BCUT2D eigenvalue weighted by atomic mass is 15.2. The number of fused-ring (bicyclic) bond motifs is 5. The quantitative estimate of drug-likeness (QED) is 0.188. The molecule has 4 heterocycles. The number of rotatable bonds is 5. The van der Waals surface area contributed by atoms with E-state index in [4.69, 9.17) is 15.0 Å². The first-order chi connectivity index (χ1) is 24.8. The predicted octanol–water partition coefficient (Wildman–Crippen LogP) is 11.1. The van der Waals surface area contributed by atoms with Gasteiger partial charge in [-0.05, 0) is 58.3 Å². The van der Waals surface area contributed by atoms with E-state index < -0.39 is 0 Å². The van der Waals surface area contributed by atoms with Gasteiger partial charge in [0.1, 0.15) is 11.2 Å². The normalized spacial score (nSPS) is 11.6. The van der Waals surface area contributed by atoms with Crippen LogP contribution in [0, 0.1) is 0 Å². The predicted molar refractivity (Wildman–Crippen MR) is 205 cm³/mol. The van der Waals surface area contributed by atoms with Crippen LogP contribution in [0.15, 0.2) is 176 Å². The Hall–Kier alpha value is -6.85. The third-order valence-corrected chi connectivity index (χ3v) is 9.57. The Morgan fingerprint density at radius 1 is 0.440 bits per heavy atom. The van der Waals surface area contributed by atoms with Gasteiger partial charge in [0.05, 0.1) is 27.9 Å². The fourth-order valence-electron chi connectivity index (χ4n) is 7.35. The third-order valence-electron chi connectivity index (χ3n) is 9.57. The van der Waals surface area contributed by atoms with E-state index in [1.165, 1.54) is 0 Å². The molecule has 10 aromatic rings. The van der Waals surface area contributed by atoms with Crippen LogP contribution < -0.4 is 0 Å². The van der Waals surface area contributed by atoms with Gasteiger partial charge in [-0.3, -0.25) is 9.55 Å². The molecule has 0 saturated heterocycles. The van der Waals surface area contributed by atoms with E-state index in [1.807, 2.05) is 18.3 Å². The average Bonchev–Trinajstić information content (AvgIpc) is 3.78. The van der Waals surface area contributed by atoms with Gasteiger partial charge in [0.25, 0.3) is 0 Å². The molecular weight excluding hydrogens is 611 g/mol. The molecule has 0 radical (unpaired) electrons. The highest BCUT2D eigenvalue weighted by molar-refractivity contribution is 6.10. The summed E-state index contributed by atoms with van der Waals surface area (Å²) in [6.07, 6.45) is 1.82. The largest absolute Gasteiger partial charge is 0.307 e. The van der Waals surface area contributed by atoms with E-state index in [2.05, 4.69) is 167 Å². The lowest BCUT2D eigenvalue weighted by atomic mass is 10.0. The molecule has 0 N–H and O–H groups in total. The van der Waals surface area contributed by atoms with Crippen LogP contribution in [-0.4, -0.2) is 24.1 Å². The van der Waals surface area contributed by atoms with Gasteiger partial charge in [0.15, 0.2) is 0 Å². The van der Waals surface area contributed by atoms with Crippen molar-refractivity contribution >= 4 is 43.6 Å². The maximum atomic E-state index is 5.45. The summed E-state index contributed by atoms with van der Waals surface area (Å²) in [5.74, 6) is 0.594. The molecule has 0 amide bonds.